The van der Waals surface area contributed by atoms with Gasteiger partial charge in [0, 0.05) is 40.2 Å². The summed E-state index contributed by atoms with van der Waals surface area (Å²) in [5, 5.41) is 8.19. The number of nitrogens with zero attached hydrogens (tertiary/aromatic N) is 5. The Morgan fingerprint density at radius 1 is 1.25 bits per heavy atom. The van der Waals surface area contributed by atoms with Crippen LogP contribution in [0.1, 0.15) is 6.92 Å². The molecule has 1 amide bonds. The Bertz CT molecular complexity index is 397. The molecular formula is C9H14ClN5O. The average Bonchev–Trinajstić information content (AvgIpc) is 2.60. The van der Waals surface area contributed by atoms with Gasteiger partial charge in [0.25, 0.3) is 0 Å². The Morgan fingerprint density at radius 2 is 1.88 bits per heavy atom. The molecule has 1 saturated heterocycles. The van der Waals surface area contributed by atoms with E-state index in [-0.39, 0.29) is 5.91 Å². The van der Waals surface area contributed by atoms with E-state index in [9.17, 15) is 4.79 Å². The summed E-state index contributed by atoms with van der Waals surface area (Å²) in [5.41, 5.74) is 0. The molecule has 1 aromatic rings. The maximum atomic E-state index is 11.2. The molecule has 0 unspecified atom stereocenters. The van der Waals surface area contributed by atoms with E-state index in [1.165, 1.54) is 0 Å². The van der Waals surface area contributed by atoms with Gasteiger partial charge in [-0.2, -0.15) is 0 Å². The van der Waals surface area contributed by atoms with Crippen LogP contribution in [0.3, 0.4) is 0 Å². The third-order valence-electron chi connectivity index (χ3n) is 2.81. The van der Waals surface area contributed by atoms with Crippen LogP contribution in [0, 0.1) is 0 Å². The first-order valence-corrected chi connectivity index (χ1v) is 5.52. The standard InChI is InChI=1S/C9H14ClN5O/c1-7(16)14-3-5-15(6-4-14)9-12-11-8(10)13(9)2/h3-6H2,1-2H3. The molecule has 1 fully saturated rings. The average molecular weight is 244 g/mol. The molecule has 0 bridgehead atoms. The number of rotatable bonds is 1. The molecule has 0 spiro atoms. The maximum Gasteiger partial charge on any atom is 0.228 e. The predicted octanol–water partition coefficient (Wildman–Crippen LogP) is 0.137. The second kappa shape index (κ2) is 4.29. The number of anilines is 1. The van der Waals surface area contributed by atoms with Crippen molar-refractivity contribution in [1.82, 2.24) is 19.7 Å². The van der Waals surface area contributed by atoms with Crippen molar-refractivity contribution >= 4 is 23.5 Å². The summed E-state index contributed by atoms with van der Waals surface area (Å²) >= 11 is 5.83. The smallest absolute Gasteiger partial charge is 0.228 e. The highest BCUT2D eigenvalue weighted by atomic mass is 35.5. The van der Waals surface area contributed by atoms with Gasteiger partial charge < -0.3 is 9.80 Å². The molecule has 7 heteroatoms. The van der Waals surface area contributed by atoms with E-state index in [4.69, 9.17) is 11.6 Å². The molecule has 0 N–H and O–H groups in total. The molecule has 1 aliphatic heterocycles. The Balaban J connectivity index is 2.04. The van der Waals surface area contributed by atoms with Crippen molar-refractivity contribution in [2.24, 2.45) is 7.05 Å². The fraction of sp³-hybridized carbons (Fsp3) is 0.667. The van der Waals surface area contributed by atoms with E-state index in [2.05, 4.69) is 15.1 Å². The first-order valence-electron chi connectivity index (χ1n) is 5.15. The number of carbonyl (C=O) groups excluding carboxylic acids is 1. The lowest BCUT2D eigenvalue weighted by Gasteiger charge is -2.34. The van der Waals surface area contributed by atoms with Crippen molar-refractivity contribution in [1.29, 1.82) is 0 Å². The number of halogens is 1. The van der Waals surface area contributed by atoms with E-state index >= 15 is 0 Å². The van der Waals surface area contributed by atoms with Gasteiger partial charge in [0.05, 0.1) is 0 Å². The molecule has 0 atom stereocenters. The van der Waals surface area contributed by atoms with Crippen LogP contribution in [0.5, 0.6) is 0 Å². The summed E-state index contributed by atoms with van der Waals surface area (Å²) in [5.74, 6) is 0.879. The van der Waals surface area contributed by atoms with Crippen LogP contribution in [-0.2, 0) is 11.8 Å². The molecule has 88 valence electrons. The lowest BCUT2D eigenvalue weighted by atomic mass is 10.3. The van der Waals surface area contributed by atoms with Crippen LogP contribution in [0.4, 0.5) is 5.95 Å². The topological polar surface area (TPSA) is 54.3 Å². The number of hydrogen-bond donors (Lipinski definition) is 0. The van der Waals surface area contributed by atoms with Gasteiger partial charge in [-0.25, -0.2) is 0 Å². The van der Waals surface area contributed by atoms with E-state index in [0.29, 0.717) is 5.28 Å². The van der Waals surface area contributed by atoms with Crippen molar-refractivity contribution in [2.75, 3.05) is 31.1 Å². The number of hydrogen-bond acceptors (Lipinski definition) is 4. The van der Waals surface area contributed by atoms with Gasteiger partial charge >= 0.3 is 0 Å². The van der Waals surface area contributed by atoms with Gasteiger partial charge in [0.15, 0.2) is 0 Å². The summed E-state index contributed by atoms with van der Waals surface area (Å²) in [4.78, 5) is 15.1. The second-order valence-electron chi connectivity index (χ2n) is 3.82. The van der Waals surface area contributed by atoms with Gasteiger partial charge in [-0.05, 0) is 11.6 Å². The minimum Gasteiger partial charge on any atom is -0.339 e. The highest BCUT2D eigenvalue weighted by Gasteiger charge is 2.22. The lowest BCUT2D eigenvalue weighted by molar-refractivity contribution is -0.129. The summed E-state index contributed by atoms with van der Waals surface area (Å²) in [6.07, 6.45) is 0. The van der Waals surface area contributed by atoms with Crippen molar-refractivity contribution in [3.63, 3.8) is 0 Å². The van der Waals surface area contributed by atoms with Gasteiger partial charge in [0.2, 0.25) is 17.1 Å². The van der Waals surface area contributed by atoms with Crippen molar-refractivity contribution in [3.05, 3.63) is 5.28 Å². The quantitative estimate of drug-likeness (QED) is 0.704. The summed E-state index contributed by atoms with van der Waals surface area (Å²) in [6, 6.07) is 0. The molecule has 2 rings (SSSR count). The first kappa shape index (κ1) is 11.2. The fourth-order valence-corrected chi connectivity index (χ4v) is 1.91. The SMILES string of the molecule is CC(=O)N1CCN(c2nnc(Cl)n2C)CC1. The highest BCUT2D eigenvalue weighted by Crippen LogP contribution is 2.16. The largest absolute Gasteiger partial charge is 0.339 e. The number of amides is 1. The maximum absolute atomic E-state index is 11.2. The summed E-state index contributed by atoms with van der Waals surface area (Å²) in [7, 11) is 1.83. The fourth-order valence-electron chi connectivity index (χ4n) is 1.80. The van der Waals surface area contributed by atoms with Crippen molar-refractivity contribution in [2.45, 2.75) is 6.92 Å². The number of piperazine rings is 1. The molecule has 0 radical (unpaired) electrons. The molecule has 0 saturated carbocycles. The summed E-state index contributed by atoms with van der Waals surface area (Å²) < 4.78 is 1.74. The van der Waals surface area contributed by atoms with Crippen LogP contribution < -0.4 is 4.90 Å². The Kier molecular flexibility index (Phi) is 3.00. The van der Waals surface area contributed by atoms with Crippen molar-refractivity contribution in [3.8, 4) is 0 Å². The Labute approximate surface area is 98.8 Å². The third kappa shape index (κ3) is 1.97. The van der Waals surface area contributed by atoms with Gasteiger partial charge in [-0.1, -0.05) is 0 Å². The second-order valence-corrected chi connectivity index (χ2v) is 4.16. The van der Waals surface area contributed by atoms with Crippen molar-refractivity contribution < 1.29 is 4.79 Å². The molecule has 0 aliphatic carbocycles. The monoisotopic (exact) mass is 243 g/mol. The number of carbonyl (C=O) groups is 1. The Hall–Kier alpha value is -1.30. The zero-order chi connectivity index (χ0) is 11.7. The normalized spacial score (nSPS) is 16.7. The zero-order valence-electron chi connectivity index (χ0n) is 9.35. The lowest BCUT2D eigenvalue weighted by Crippen LogP contribution is -2.48. The van der Waals surface area contributed by atoms with Crippen LogP contribution in [0.2, 0.25) is 5.28 Å². The molecule has 1 aromatic heterocycles. The molecule has 16 heavy (non-hydrogen) atoms. The minimum atomic E-state index is 0.121. The van der Waals surface area contributed by atoms with Gasteiger partial charge in [-0.3, -0.25) is 9.36 Å². The third-order valence-corrected chi connectivity index (χ3v) is 3.14. The molecule has 1 aliphatic rings. The van der Waals surface area contributed by atoms with E-state index in [1.807, 2.05) is 11.9 Å². The predicted molar refractivity (Wildman–Crippen MR) is 60.5 cm³/mol. The summed E-state index contributed by atoms with van der Waals surface area (Å²) in [6.45, 7) is 4.57. The van der Waals surface area contributed by atoms with Crippen LogP contribution in [-0.4, -0.2) is 51.8 Å². The molecule has 6 nitrogen and oxygen atoms in total. The minimum absolute atomic E-state index is 0.121. The van der Waals surface area contributed by atoms with E-state index in [0.717, 1.165) is 32.1 Å². The first-order chi connectivity index (χ1) is 7.59. The Morgan fingerprint density at radius 3 is 2.31 bits per heavy atom. The zero-order valence-corrected chi connectivity index (χ0v) is 10.1. The highest BCUT2D eigenvalue weighted by molar-refractivity contribution is 6.28. The van der Waals surface area contributed by atoms with Gasteiger partial charge in [0.1, 0.15) is 0 Å². The van der Waals surface area contributed by atoms with Gasteiger partial charge in [-0.15, -0.1) is 10.2 Å². The van der Waals surface area contributed by atoms with E-state index in [1.54, 1.807) is 11.5 Å². The molecule has 2 heterocycles. The molecular weight excluding hydrogens is 230 g/mol. The van der Waals surface area contributed by atoms with E-state index < -0.39 is 0 Å². The number of aromatic nitrogens is 3. The van der Waals surface area contributed by atoms with Crippen LogP contribution in [0.15, 0.2) is 0 Å². The van der Waals surface area contributed by atoms with Crippen LogP contribution in [0.25, 0.3) is 0 Å². The van der Waals surface area contributed by atoms with Crippen LogP contribution >= 0.6 is 11.6 Å². The molecule has 0 aromatic carbocycles.